The highest BCUT2D eigenvalue weighted by Crippen LogP contribution is 2.26. The smallest absolute Gasteiger partial charge is 0.411 e. The highest BCUT2D eigenvalue weighted by molar-refractivity contribution is 5.87. The van der Waals surface area contributed by atoms with Gasteiger partial charge in [0.1, 0.15) is 11.5 Å². The predicted octanol–water partition coefficient (Wildman–Crippen LogP) is 3.54. The largest absolute Gasteiger partial charge is 0.453 e. The number of benzene rings is 1. The molecule has 1 amide bonds. The number of nitrogens with one attached hydrogen (secondary N) is 2. The van der Waals surface area contributed by atoms with Crippen molar-refractivity contribution in [3.05, 3.63) is 58.4 Å². The fourth-order valence-electron chi connectivity index (χ4n) is 3.19. The first-order chi connectivity index (χ1) is 13.0. The van der Waals surface area contributed by atoms with Crippen LogP contribution in [-0.4, -0.2) is 27.7 Å². The molecular formula is C20H24N4O3. The molecule has 0 aliphatic heterocycles. The first-order valence-corrected chi connectivity index (χ1v) is 8.72. The lowest BCUT2D eigenvalue weighted by atomic mass is 10.0. The highest BCUT2D eigenvalue weighted by atomic mass is 16.5. The van der Waals surface area contributed by atoms with Crippen molar-refractivity contribution < 1.29 is 14.6 Å². The number of aliphatic hydroxyl groups excluding tert-OH is 1. The fraction of sp³-hybridized carbons (Fsp3) is 0.300. The number of hydrogen-bond donors (Lipinski definition) is 3. The second kappa shape index (κ2) is 7.67. The van der Waals surface area contributed by atoms with Crippen LogP contribution in [0, 0.1) is 20.8 Å². The minimum absolute atomic E-state index is 0.0929. The van der Waals surface area contributed by atoms with Gasteiger partial charge in [0.25, 0.3) is 0 Å². The Kier molecular flexibility index (Phi) is 5.32. The van der Waals surface area contributed by atoms with E-state index in [0.29, 0.717) is 6.54 Å². The van der Waals surface area contributed by atoms with E-state index < -0.39 is 6.09 Å². The zero-order valence-electron chi connectivity index (χ0n) is 16.0. The quantitative estimate of drug-likeness (QED) is 0.641. The normalized spacial score (nSPS) is 10.9. The summed E-state index contributed by atoms with van der Waals surface area (Å²) in [5.74, 6) is 0.821. The molecule has 2 aromatic heterocycles. The first kappa shape index (κ1) is 18.7. The van der Waals surface area contributed by atoms with Gasteiger partial charge >= 0.3 is 6.09 Å². The lowest BCUT2D eigenvalue weighted by Crippen LogP contribution is -2.16. The molecule has 3 rings (SSSR count). The number of amides is 1. The number of aryl methyl sites for hydroxylation is 3. The van der Waals surface area contributed by atoms with Crippen LogP contribution in [0.1, 0.15) is 28.1 Å². The van der Waals surface area contributed by atoms with Gasteiger partial charge in [0.05, 0.1) is 30.8 Å². The maximum atomic E-state index is 11.7. The SMILES string of the molecule is COC(=O)Nc1c(C)ccc(C)c1CNc1cccc2nc(C)c(CO)n12. The number of aromatic nitrogens is 2. The lowest BCUT2D eigenvalue weighted by molar-refractivity contribution is 0.187. The van der Waals surface area contributed by atoms with Crippen LogP contribution in [0.5, 0.6) is 0 Å². The van der Waals surface area contributed by atoms with Crippen molar-refractivity contribution in [2.45, 2.75) is 33.9 Å². The van der Waals surface area contributed by atoms with E-state index in [-0.39, 0.29) is 6.61 Å². The van der Waals surface area contributed by atoms with Crippen molar-refractivity contribution in [1.82, 2.24) is 9.38 Å². The van der Waals surface area contributed by atoms with E-state index in [0.717, 1.165) is 45.2 Å². The number of aliphatic hydroxyl groups is 1. The van der Waals surface area contributed by atoms with Crippen LogP contribution in [-0.2, 0) is 17.9 Å². The molecular weight excluding hydrogens is 344 g/mol. The number of rotatable bonds is 5. The van der Waals surface area contributed by atoms with Gasteiger partial charge in [0, 0.05) is 6.54 Å². The fourth-order valence-corrected chi connectivity index (χ4v) is 3.19. The molecule has 0 aliphatic rings. The van der Waals surface area contributed by atoms with Gasteiger partial charge in [-0.05, 0) is 49.6 Å². The Bertz CT molecular complexity index is 995. The van der Waals surface area contributed by atoms with Crippen LogP contribution in [0.4, 0.5) is 16.3 Å². The van der Waals surface area contributed by atoms with Crippen LogP contribution in [0.25, 0.3) is 5.65 Å². The van der Waals surface area contributed by atoms with Crippen molar-refractivity contribution in [2.75, 3.05) is 17.7 Å². The van der Waals surface area contributed by atoms with Gasteiger partial charge in [-0.3, -0.25) is 9.72 Å². The zero-order chi connectivity index (χ0) is 19.6. The topological polar surface area (TPSA) is 87.9 Å². The summed E-state index contributed by atoms with van der Waals surface area (Å²) in [4.78, 5) is 16.2. The van der Waals surface area contributed by atoms with Crippen molar-refractivity contribution in [1.29, 1.82) is 0 Å². The van der Waals surface area contributed by atoms with Crippen LogP contribution < -0.4 is 10.6 Å². The van der Waals surface area contributed by atoms with E-state index in [1.165, 1.54) is 7.11 Å². The molecule has 0 saturated heterocycles. The number of nitrogens with zero attached hydrogens (tertiary/aromatic N) is 2. The molecule has 7 heteroatoms. The number of fused-ring (bicyclic) bond motifs is 1. The molecule has 0 saturated carbocycles. The van der Waals surface area contributed by atoms with Crippen LogP contribution in [0.3, 0.4) is 0 Å². The predicted molar refractivity (Wildman–Crippen MR) is 105 cm³/mol. The second-order valence-electron chi connectivity index (χ2n) is 6.43. The summed E-state index contributed by atoms with van der Waals surface area (Å²) in [7, 11) is 1.34. The summed E-state index contributed by atoms with van der Waals surface area (Å²) >= 11 is 0. The number of hydrogen-bond acceptors (Lipinski definition) is 5. The first-order valence-electron chi connectivity index (χ1n) is 8.72. The van der Waals surface area contributed by atoms with E-state index in [4.69, 9.17) is 4.74 Å². The summed E-state index contributed by atoms with van der Waals surface area (Å²) < 4.78 is 6.66. The molecule has 0 fully saturated rings. The summed E-state index contributed by atoms with van der Waals surface area (Å²) in [6.45, 7) is 6.22. The Labute approximate surface area is 158 Å². The van der Waals surface area contributed by atoms with Gasteiger partial charge in [-0.15, -0.1) is 0 Å². The average Bonchev–Trinajstić information content (AvgIpc) is 2.99. The molecule has 3 aromatic rings. The number of methoxy groups -OCH3 is 1. The number of carbonyl (C=O) groups excluding carboxylic acids is 1. The molecule has 3 N–H and O–H groups in total. The summed E-state index contributed by atoms with van der Waals surface area (Å²) in [5.41, 5.74) is 6.04. The van der Waals surface area contributed by atoms with E-state index in [2.05, 4.69) is 15.6 Å². The third-order valence-electron chi connectivity index (χ3n) is 4.70. The van der Waals surface area contributed by atoms with Gasteiger partial charge in [0.15, 0.2) is 0 Å². The van der Waals surface area contributed by atoms with Crippen molar-refractivity contribution >= 4 is 23.2 Å². The molecule has 0 spiro atoms. The third kappa shape index (κ3) is 3.59. The Balaban J connectivity index is 1.97. The molecule has 2 heterocycles. The van der Waals surface area contributed by atoms with Crippen LogP contribution >= 0.6 is 0 Å². The maximum absolute atomic E-state index is 11.7. The molecule has 142 valence electrons. The standard InChI is InChI=1S/C20H24N4O3/c1-12-8-9-13(2)19(23-20(26)27-4)15(12)10-21-17-6-5-7-18-22-14(3)16(11-25)24(17)18/h5-9,21,25H,10-11H2,1-4H3,(H,23,26). The van der Waals surface area contributed by atoms with E-state index in [1.54, 1.807) is 0 Å². The Hall–Kier alpha value is -3.06. The van der Waals surface area contributed by atoms with E-state index >= 15 is 0 Å². The Morgan fingerprint density at radius 2 is 1.93 bits per heavy atom. The summed E-state index contributed by atoms with van der Waals surface area (Å²) in [6, 6.07) is 9.75. The third-order valence-corrected chi connectivity index (χ3v) is 4.70. The van der Waals surface area contributed by atoms with Gasteiger partial charge in [0.2, 0.25) is 0 Å². The Morgan fingerprint density at radius 3 is 2.63 bits per heavy atom. The van der Waals surface area contributed by atoms with Crippen molar-refractivity contribution in [2.24, 2.45) is 0 Å². The second-order valence-corrected chi connectivity index (χ2v) is 6.43. The highest BCUT2D eigenvalue weighted by Gasteiger charge is 2.14. The zero-order valence-corrected chi connectivity index (χ0v) is 16.0. The van der Waals surface area contributed by atoms with Gasteiger partial charge in [-0.2, -0.15) is 0 Å². The molecule has 1 aromatic carbocycles. The molecule has 0 atom stereocenters. The molecule has 7 nitrogen and oxygen atoms in total. The van der Waals surface area contributed by atoms with Crippen molar-refractivity contribution in [3.63, 3.8) is 0 Å². The number of anilines is 2. The Morgan fingerprint density at radius 1 is 1.19 bits per heavy atom. The number of imidazole rings is 1. The summed E-state index contributed by atoms with van der Waals surface area (Å²) in [5, 5.41) is 15.9. The minimum Gasteiger partial charge on any atom is -0.453 e. The number of pyridine rings is 1. The minimum atomic E-state index is -0.500. The van der Waals surface area contributed by atoms with Crippen LogP contribution in [0.15, 0.2) is 30.3 Å². The lowest BCUT2D eigenvalue weighted by Gasteiger charge is -2.18. The van der Waals surface area contributed by atoms with Gasteiger partial charge < -0.3 is 15.2 Å². The molecule has 0 aliphatic carbocycles. The van der Waals surface area contributed by atoms with E-state index in [9.17, 15) is 9.90 Å². The summed E-state index contributed by atoms with van der Waals surface area (Å²) in [6.07, 6.45) is -0.500. The molecule has 0 radical (unpaired) electrons. The molecule has 0 bridgehead atoms. The van der Waals surface area contributed by atoms with Gasteiger partial charge in [-0.1, -0.05) is 18.2 Å². The van der Waals surface area contributed by atoms with Gasteiger partial charge in [-0.25, -0.2) is 9.78 Å². The number of carbonyl (C=O) groups is 1. The van der Waals surface area contributed by atoms with E-state index in [1.807, 2.05) is 55.5 Å². The monoisotopic (exact) mass is 368 g/mol. The average molecular weight is 368 g/mol. The number of ether oxygens (including phenoxy) is 1. The molecule has 0 unspecified atom stereocenters. The van der Waals surface area contributed by atoms with Crippen LogP contribution in [0.2, 0.25) is 0 Å². The maximum Gasteiger partial charge on any atom is 0.411 e. The molecule has 27 heavy (non-hydrogen) atoms. The van der Waals surface area contributed by atoms with Crippen molar-refractivity contribution in [3.8, 4) is 0 Å².